The fourth-order valence-corrected chi connectivity index (χ4v) is 2.82. The molecule has 0 nitrogen and oxygen atoms in total. The molecule has 0 N–H and O–H groups in total. The van der Waals surface area contributed by atoms with E-state index in [0.717, 1.165) is 20.6 Å². The number of benzene rings is 2. The molecule has 16 heavy (non-hydrogen) atoms. The Hall–Kier alpha value is -0.790. The van der Waals surface area contributed by atoms with E-state index >= 15 is 0 Å². The van der Waals surface area contributed by atoms with E-state index < -0.39 is 0 Å². The van der Waals surface area contributed by atoms with Gasteiger partial charge in [-0.25, -0.2) is 0 Å². The van der Waals surface area contributed by atoms with Gasteiger partial charge < -0.3 is 0 Å². The molecule has 0 atom stereocenters. The van der Waals surface area contributed by atoms with Crippen LogP contribution in [-0.2, 0) is 0 Å². The van der Waals surface area contributed by atoms with Gasteiger partial charge in [0.25, 0.3) is 0 Å². The van der Waals surface area contributed by atoms with Crippen molar-refractivity contribution in [1.82, 2.24) is 0 Å². The number of hydrogen-bond acceptors (Lipinski definition) is 0. The molecule has 0 saturated carbocycles. The lowest BCUT2D eigenvalue weighted by Crippen LogP contribution is -1.86. The second kappa shape index (κ2) is 4.60. The Morgan fingerprint density at radius 2 is 1.81 bits per heavy atom. The van der Waals surface area contributed by atoms with E-state index in [1.54, 1.807) is 0 Å². The lowest BCUT2D eigenvalue weighted by atomic mass is 9.99. The quantitative estimate of drug-likeness (QED) is 0.662. The van der Waals surface area contributed by atoms with Gasteiger partial charge in [-0.15, -0.1) is 0 Å². The molecule has 0 aliphatic heterocycles. The summed E-state index contributed by atoms with van der Waals surface area (Å²) >= 11 is 9.77. The van der Waals surface area contributed by atoms with Crippen LogP contribution in [0.25, 0.3) is 11.1 Å². The monoisotopic (exact) mass is 294 g/mol. The van der Waals surface area contributed by atoms with Crippen molar-refractivity contribution in [3.8, 4) is 11.1 Å². The predicted octanol–water partition coefficient (Wildman–Crippen LogP) is 5.39. The topological polar surface area (TPSA) is 0 Å². The minimum absolute atomic E-state index is 0.803. The number of halogens is 2. The molecule has 2 aromatic rings. The second-order valence-electron chi connectivity index (χ2n) is 3.95. The summed E-state index contributed by atoms with van der Waals surface area (Å²) in [4.78, 5) is 0. The number of aryl methyl sites for hydroxylation is 2. The molecule has 0 amide bonds. The summed E-state index contributed by atoms with van der Waals surface area (Å²) in [5, 5.41) is 0.803. The Balaban J connectivity index is 2.67. The summed E-state index contributed by atoms with van der Waals surface area (Å²) in [6.07, 6.45) is 0. The van der Waals surface area contributed by atoms with Crippen LogP contribution in [0.1, 0.15) is 11.1 Å². The third-order valence-electron chi connectivity index (χ3n) is 2.55. The van der Waals surface area contributed by atoms with E-state index in [4.69, 9.17) is 11.6 Å². The SMILES string of the molecule is Cc1cc(Br)cc(-c2c(C)cccc2Cl)c1. The zero-order valence-corrected chi connectivity index (χ0v) is 11.6. The molecule has 0 bridgehead atoms. The first-order valence-electron chi connectivity index (χ1n) is 5.10. The molecule has 0 aromatic heterocycles. The van der Waals surface area contributed by atoms with Crippen molar-refractivity contribution in [2.75, 3.05) is 0 Å². The molecule has 0 fully saturated rings. The molecule has 0 radical (unpaired) electrons. The van der Waals surface area contributed by atoms with Crippen molar-refractivity contribution in [1.29, 1.82) is 0 Å². The van der Waals surface area contributed by atoms with Gasteiger partial charge in [0.05, 0.1) is 0 Å². The van der Waals surface area contributed by atoms with Crippen LogP contribution in [0.15, 0.2) is 40.9 Å². The van der Waals surface area contributed by atoms with Crippen LogP contribution in [0, 0.1) is 13.8 Å². The first-order valence-corrected chi connectivity index (χ1v) is 6.27. The van der Waals surface area contributed by atoms with Gasteiger partial charge in [0.2, 0.25) is 0 Å². The third-order valence-corrected chi connectivity index (χ3v) is 3.33. The summed E-state index contributed by atoms with van der Waals surface area (Å²) in [5.41, 5.74) is 4.71. The summed E-state index contributed by atoms with van der Waals surface area (Å²) in [5.74, 6) is 0. The van der Waals surface area contributed by atoms with Crippen molar-refractivity contribution < 1.29 is 0 Å². The van der Waals surface area contributed by atoms with Crippen LogP contribution in [0.4, 0.5) is 0 Å². The van der Waals surface area contributed by atoms with Gasteiger partial charge in [0.15, 0.2) is 0 Å². The van der Waals surface area contributed by atoms with Crippen LogP contribution in [0.3, 0.4) is 0 Å². The maximum absolute atomic E-state index is 6.25. The Kier molecular flexibility index (Phi) is 3.36. The lowest BCUT2D eigenvalue weighted by Gasteiger charge is -2.10. The smallest absolute Gasteiger partial charge is 0.0487 e. The molecule has 2 rings (SSSR count). The van der Waals surface area contributed by atoms with E-state index in [1.807, 2.05) is 12.1 Å². The Morgan fingerprint density at radius 1 is 1.06 bits per heavy atom. The van der Waals surface area contributed by atoms with Crippen molar-refractivity contribution in [2.45, 2.75) is 13.8 Å². The molecular formula is C14H12BrCl. The van der Waals surface area contributed by atoms with E-state index in [0.29, 0.717) is 0 Å². The molecule has 0 aliphatic rings. The summed E-state index contributed by atoms with van der Waals surface area (Å²) in [6, 6.07) is 12.3. The molecule has 0 spiro atoms. The summed E-state index contributed by atoms with van der Waals surface area (Å²) < 4.78 is 1.09. The standard InChI is InChI=1S/C14H12BrCl/c1-9-6-11(8-12(15)7-9)14-10(2)4-3-5-13(14)16/h3-8H,1-2H3. The average Bonchev–Trinajstić information content (AvgIpc) is 2.15. The Labute approximate surface area is 109 Å². The van der Waals surface area contributed by atoms with Crippen LogP contribution in [0.2, 0.25) is 5.02 Å². The highest BCUT2D eigenvalue weighted by Crippen LogP contribution is 2.33. The maximum Gasteiger partial charge on any atom is 0.0487 e. The van der Waals surface area contributed by atoms with Crippen LogP contribution >= 0.6 is 27.5 Å². The van der Waals surface area contributed by atoms with Crippen LogP contribution < -0.4 is 0 Å². The predicted molar refractivity (Wildman–Crippen MR) is 74.1 cm³/mol. The molecule has 0 saturated heterocycles. The number of hydrogen-bond donors (Lipinski definition) is 0. The average molecular weight is 296 g/mol. The van der Waals surface area contributed by atoms with Crippen molar-refractivity contribution in [2.24, 2.45) is 0 Å². The van der Waals surface area contributed by atoms with Gasteiger partial charge >= 0.3 is 0 Å². The zero-order valence-electron chi connectivity index (χ0n) is 9.22. The maximum atomic E-state index is 6.25. The minimum atomic E-state index is 0.803. The summed E-state index contributed by atoms with van der Waals surface area (Å²) in [7, 11) is 0. The molecule has 82 valence electrons. The van der Waals surface area contributed by atoms with Gasteiger partial charge in [-0.1, -0.05) is 45.7 Å². The fourth-order valence-electron chi connectivity index (χ4n) is 1.88. The van der Waals surface area contributed by atoms with E-state index in [1.165, 1.54) is 11.1 Å². The Bertz CT molecular complexity index is 492. The fraction of sp³-hybridized carbons (Fsp3) is 0.143. The molecule has 2 heteroatoms. The first-order chi connectivity index (χ1) is 7.58. The molecule has 0 unspecified atom stereocenters. The highest BCUT2D eigenvalue weighted by atomic mass is 79.9. The lowest BCUT2D eigenvalue weighted by molar-refractivity contribution is 1.41. The van der Waals surface area contributed by atoms with Gasteiger partial charge in [-0.3, -0.25) is 0 Å². The number of rotatable bonds is 1. The van der Waals surface area contributed by atoms with Crippen molar-refractivity contribution in [3.05, 3.63) is 57.0 Å². The zero-order chi connectivity index (χ0) is 11.7. The highest BCUT2D eigenvalue weighted by molar-refractivity contribution is 9.10. The molecule has 0 aliphatic carbocycles. The van der Waals surface area contributed by atoms with E-state index in [9.17, 15) is 0 Å². The Morgan fingerprint density at radius 3 is 2.44 bits per heavy atom. The van der Waals surface area contributed by atoms with Crippen LogP contribution in [-0.4, -0.2) is 0 Å². The molecule has 2 aromatic carbocycles. The normalized spacial score (nSPS) is 10.5. The third kappa shape index (κ3) is 2.31. The van der Waals surface area contributed by atoms with E-state index in [-0.39, 0.29) is 0 Å². The van der Waals surface area contributed by atoms with Crippen molar-refractivity contribution >= 4 is 27.5 Å². The first kappa shape index (κ1) is 11.7. The molecular weight excluding hydrogens is 284 g/mol. The van der Waals surface area contributed by atoms with Crippen molar-refractivity contribution in [3.63, 3.8) is 0 Å². The van der Waals surface area contributed by atoms with Gasteiger partial charge in [0.1, 0.15) is 0 Å². The molecule has 0 heterocycles. The van der Waals surface area contributed by atoms with Crippen LogP contribution in [0.5, 0.6) is 0 Å². The second-order valence-corrected chi connectivity index (χ2v) is 5.27. The van der Waals surface area contributed by atoms with E-state index in [2.05, 4.69) is 54.0 Å². The van der Waals surface area contributed by atoms with Gasteiger partial charge in [-0.05, 0) is 48.7 Å². The highest BCUT2D eigenvalue weighted by Gasteiger charge is 2.07. The minimum Gasteiger partial charge on any atom is -0.0837 e. The summed E-state index contributed by atoms with van der Waals surface area (Å²) in [6.45, 7) is 4.16. The largest absolute Gasteiger partial charge is 0.0837 e. The van der Waals surface area contributed by atoms with Gasteiger partial charge in [0, 0.05) is 15.1 Å². The van der Waals surface area contributed by atoms with Gasteiger partial charge in [-0.2, -0.15) is 0 Å².